The first-order valence-corrected chi connectivity index (χ1v) is 7.84. The van der Waals surface area contributed by atoms with Gasteiger partial charge in [0.2, 0.25) is 5.91 Å². The van der Waals surface area contributed by atoms with Crippen molar-refractivity contribution in [2.75, 3.05) is 6.54 Å². The van der Waals surface area contributed by atoms with Gasteiger partial charge in [0, 0.05) is 18.6 Å². The Hall–Kier alpha value is -1.10. The number of carbonyl (C=O) groups is 2. The molecule has 2 fully saturated rings. The van der Waals surface area contributed by atoms with Crippen molar-refractivity contribution in [1.82, 2.24) is 10.2 Å². The van der Waals surface area contributed by atoms with Gasteiger partial charge in [0.05, 0.1) is 12.0 Å². The molecule has 0 radical (unpaired) electrons. The van der Waals surface area contributed by atoms with Gasteiger partial charge in [-0.05, 0) is 32.6 Å². The van der Waals surface area contributed by atoms with Crippen molar-refractivity contribution in [3.8, 4) is 0 Å². The van der Waals surface area contributed by atoms with Gasteiger partial charge in [0.25, 0.3) is 0 Å². The highest BCUT2D eigenvalue weighted by atomic mass is 16.4. The van der Waals surface area contributed by atoms with Crippen LogP contribution in [-0.2, 0) is 9.59 Å². The molecule has 4 atom stereocenters. The summed E-state index contributed by atoms with van der Waals surface area (Å²) in [5, 5.41) is 12.2. The molecule has 0 spiro atoms. The Morgan fingerprint density at radius 2 is 2.10 bits per heavy atom. The van der Waals surface area contributed by atoms with Gasteiger partial charge >= 0.3 is 5.97 Å². The predicted octanol–water partition coefficient (Wildman–Crippen LogP) is 1.62. The summed E-state index contributed by atoms with van der Waals surface area (Å²) in [6.45, 7) is 4.77. The van der Waals surface area contributed by atoms with Crippen LogP contribution in [0.2, 0.25) is 0 Å². The van der Waals surface area contributed by atoms with E-state index in [0.29, 0.717) is 6.42 Å². The highest BCUT2D eigenvalue weighted by Crippen LogP contribution is 2.43. The zero-order valence-corrected chi connectivity index (χ0v) is 12.5. The van der Waals surface area contributed by atoms with Crippen molar-refractivity contribution in [2.45, 2.75) is 70.5 Å². The lowest BCUT2D eigenvalue weighted by atomic mass is 9.89. The number of nitrogens with one attached hydrogen (secondary N) is 1. The quantitative estimate of drug-likeness (QED) is 0.696. The molecule has 0 aliphatic carbocycles. The van der Waals surface area contributed by atoms with E-state index in [4.69, 9.17) is 0 Å². The summed E-state index contributed by atoms with van der Waals surface area (Å²) < 4.78 is 0. The molecule has 2 rings (SSSR count). The minimum Gasteiger partial charge on any atom is -0.481 e. The largest absolute Gasteiger partial charge is 0.481 e. The molecule has 4 unspecified atom stereocenters. The minimum absolute atomic E-state index is 0.0454. The molecule has 2 bridgehead atoms. The Kier molecular flexibility index (Phi) is 5.02. The Morgan fingerprint density at radius 1 is 1.35 bits per heavy atom. The van der Waals surface area contributed by atoms with Crippen LogP contribution in [0.4, 0.5) is 0 Å². The van der Waals surface area contributed by atoms with E-state index in [2.05, 4.69) is 17.1 Å². The average Bonchev–Trinajstić information content (AvgIpc) is 3.00. The number of unbranched alkanes of at least 4 members (excludes halogenated alkanes) is 2. The van der Waals surface area contributed by atoms with E-state index in [9.17, 15) is 14.7 Å². The van der Waals surface area contributed by atoms with Crippen LogP contribution < -0.4 is 5.32 Å². The maximum Gasteiger partial charge on any atom is 0.308 e. The van der Waals surface area contributed by atoms with Gasteiger partial charge in [0.1, 0.15) is 0 Å². The van der Waals surface area contributed by atoms with Gasteiger partial charge in [-0.25, -0.2) is 0 Å². The third-order valence-corrected chi connectivity index (χ3v) is 4.81. The monoisotopic (exact) mass is 282 g/mol. The molecular formula is C15H26N2O3. The lowest BCUT2D eigenvalue weighted by Gasteiger charge is -2.28. The standard InChI is InChI=1S/C15H26N2O3/c1-3-4-5-8-16-14(18)10(2)17-11-6-7-13(17)12(9-11)15(19)20/h10-13H,3-9H2,1-2H3,(H,16,18)(H,19,20). The topological polar surface area (TPSA) is 69.6 Å². The van der Waals surface area contributed by atoms with Gasteiger partial charge < -0.3 is 10.4 Å². The molecular weight excluding hydrogens is 256 g/mol. The fourth-order valence-corrected chi connectivity index (χ4v) is 3.77. The second-order valence-corrected chi connectivity index (χ2v) is 6.10. The summed E-state index contributed by atoms with van der Waals surface area (Å²) in [6.07, 6.45) is 5.93. The summed E-state index contributed by atoms with van der Waals surface area (Å²) in [7, 11) is 0. The van der Waals surface area contributed by atoms with Crippen molar-refractivity contribution >= 4 is 11.9 Å². The third-order valence-electron chi connectivity index (χ3n) is 4.81. The number of carboxylic acids is 1. The molecule has 5 nitrogen and oxygen atoms in total. The van der Waals surface area contributed by atoms with Crippen LogP contribution >= 0.6 is 0 Å². The SMILES string of the molecule is CCCCCNC(=O)C(C)N1C2CCC1C(C(=O)O)C2. The number of amides is 1. The summed E-state index contributed by atoms with van der Waals surface area (Å²) >= 11 is 0. The second-order valence-electron chi connectivity index (χ2n) is 6.10. The number of carboxylic acid groups (broad SMARTS) is 1. The lowest BCUT2D eigenvalue weighted by Crippen LogP contribution is -2.48. The van der Waals surface area contributed by atoms with Crippen LogP contribution in [0, 0.1) is 5.92 Å². The third kappa shape index (κ3) is 2.97. The van der Waals surface area contributed by atoms with Crippen LogP contribution in [0.5, 0.6) is 0 Å². The van der Waals surface area contributed by atoms with E-state index < -0.39 is 5.97 Å². The Morgan fingerprint density at radius 3 is 2.70 bits per heavy atom. The molecule has 5 heteroatoms. The minimum atomic E-state index is -0.710. The summed E-state index contributed by atoms with van der Waals surface area (Å²) in [4.78, 5) is 25.6. The lowest BCUT2D eigenvalue weighted by molar-refractivity contribution is -0.143. The van der Waals surface area contributed by atoms with E-state index in [0.717, 1.165) is 38.6 Å². The van der Waals surface area contributed by atoms with Crippen LogP contribution in [-0.4, -0.2) is 46.6 Å². The highest BCUT2D eigenvalue weighted by molar-refractivity contribution is 5.82. The number of hydrogen-bond donors (Lipinski definition) is 2. The maximum atomic E-state index is 12.2. The number of nitrogens with zero attached hydrogens (tertiary/aromatic N) is 1. The molecule has 2 aliphatic rings. The van der Waals surface area contributed by atoms with Crippen molar-refractivity contribution in [3.63, 3.8) is 0 Å². The molecule has 2 saturated heterocycles. The maximum absolute atomic E-state index is 12.2. The number of rotatable bonds is 7. The van der Waals surface area contributed by atoms with Crippen LogP contribution in [0.25, 0.3) is 0 Å². The zero-order chi connectivity index (χ0) is 14.7. The van der Waals surface area contributed by atoms with E-state index in [1.165, 1.54) is 0 Å². The first kappa shape index (κ1) is 15.3. The summed E-state index contributed by atoms with van der Waals surface area (Å²) in [5.74, 6) is -0.953. The predicted molar refractivity (Wildman–Crippen MR) is 76.4 cm³/mol. The first-order chi connectivity index (χ1) is 9.56. The number of aliphatic carboxylic acids is 1. The Labute approximate surface area is 120 Å². The van der Waals surface area contributed by atoms with Crippen LogP contribution in [0.1, 0.15) is 52.4 Å². The Balaban J connectivity index is 1.88. The van der Waals surface area contributed by atoms with Gasteiger partial charge in [-0.2, -0.15) is 0 Å². The smallest absolute Gasteiger partial charge is 0.308 e. The average molecular weight is 282 g/mol. The van der Waals surface area contributed by atoms with Crippen molar-refractivity contribution in [3.05, 3.63) is 0 Å². The first-order valence-electron chi connectivity index (χ1n) is 7.84. The van der Waals surface area contributed by atoms with Gasteiger partial charge in [0.15, 0.2) is 0 Å². The molecule has 2 heterocycles. The van der Waals surface area contributed by atoms with Crippen LogP contribution in [0.15, 0.2) is 0 Å². The highest BCUT2D eigenvalue weighted by Gasteiger charge is 2.51. The number of hydrogen-bond acceptors (Lipinski definition) is 3. The van der Waals surface area contributed by atoms with Gasteiger partial charge in [-0.3, -0.25) is 14.5 Å². The van der Waals surface area contributed by atoms with Gasteiger partial charge in [-0.1, -0.05) is 19.8 Å². The molecule has 0 aromatic carbocycles. The van der Waals surface area contributed by atoms with Crippen molar-refractivity contribution in [1.29, 1.82) is 0 Å². The van der Waals surface area contributed by atoms with E-state index >= 15 is 0 Å². The molecule has 0 saturated carbocycles. The molecule has 20 heavy (non-hydrogen) atoms. The van der Waals surface area contributed by atoms with Crippen molar-refractivity contribution in [2.24, 2.45) is 5.92 Å². The van der Waals surface area contributed by atoms with Gasteiger partial charge in [-0.15, -0.1) is 0 Å². The van der Waals surface area contributed by atoms with E-state index in [1.54, 1.807) is 0 Å². The Bertz CT molecular complexity index is 372. The molecule has 0 aromatic heterocycles. The molecule has 1 amide bonds. The molecule has 2 aliphatic heterocycles. The summed E-state index contributed by atoms with van der Waals surface area (Å²) in [5.41, 5.74) is 0. The zero-order valence-electron chi connectivity index (χ0n) is 12.5. The van der Waals surface area contributed by atoms with Crippen LogP contribution in [0.3, 0.4) is 0 Å². The van der Waals surface area contributed by atoms with E-state index in [-0.39, 0.29) is 30.0 Å². The molecule has 2 N–H and O–H groups in total. The number of fused-ring (bicyclic) bond motifs is 2. The fraction of sp³-hybridized carbons (Fsp3) is 0.867. The molecule has 0 aromatic rings. The molecule has 114 valence electrons. The fourth-order valence-electron chi connectivity index (χ4n) is 3.77. The normalized spacial score (nSPS) is 30.4. The van der Waals surface area contributed by atoms with E-state index in [1.807, 2.05) is 6.92 Å². The summed E-state index contributed by atoms with van der Waals surface area (Å²) in [6, 6.07) is 0.116. The van der Waals surface area contributed by atoms with Crippen molar-refractivity contribution < 1.29 is 14.7 Å². The number of carbonyl (C=O) groups excluding carboxylic acids is 1. The second kappa shape index (κ2) is 6.57.